The summed E-state index contributed by atoms with van der Waals surface area (Å²) in [5.74, 6) is 0.523. The molecule has 1 fully saturated rings. The van der Waals surface area contributed by atoms with Gasteiger partial charge >= 0.3 is 0 Å². The summed E-state index contributed by atoms with van der Waals surface area (Å²) in [4.78, 5) is 25.5. The molecule has 3 N–H and O–H groups in total. The molecule has 1 heterocycles. The second-order valence-electron chi connectivity index (χ2n) is 7.73. The molecule has 1 aliphatic rings. The molecule has 1 aliphatic carbocycles. The zero-order chi connectivity index (χ0) is 20.3. The second kappa shape index (κ2) is 8.68. The van der Waals surface area contributed by atoms with E-state index in [-0.39, 0.29) is 24.3 Å². The van der Waals surface area contributed by atoms with Gasteiger partial charge in [-0.3, -0.25) is 19.3 Å². The molecule has 0 spiro atoms. The summed E-state index contributed by atoms with van der Waals surface area (Å²) in [5, 5.41) is 12.8. The highest BCUT2D eigenvalue weighted by molar-refractivity contribution is 7.71. The van der Waals surface area contributed by atoms with E-state index in [2.05, 4.69) is 20.8 Å². The number of carbonyl (C=O) groups is 2. The van der Waals surface area contributed by atoms with Crippen LogP contribution in [-0.2, 0) is 11.3 Å². The Labute approximate surface area is 169 Å². The fraction of sp³-hybridized carbons (Fsp3) is 0.500. The number of benzene rings is 1. The number of hydrogen-bond acceptors (Lipinski definition) is 4. The topological polar surface area (TPSA) is 91.8 Å². The van der Waals surface area contributed by atoms with Gasteiger partial charge in [0.2, 0.25) is 5.91 Å². The molecule has 2 amide bonds. The average molecular weight is 402 g/mol. The third kappa shape index (κ3) is 4.86. The van der Waals surface area contributed by atoms with Crippen LogP contribution < -0.4 is 10.6 Å². The Morgan fingerprint density at radius 3 is 2.68 bits per heavy atom. The molecule has 28 heavy (non-hydrogen) atoms. The van der Waals surface area contributed by atoms with Gasteiger partial charge < -0.3 is 10.6 Å². The molecule has 8 heteroatoms. The summed E-state index contributed by atoms with van der Waals surface area (Å²) in [6, 6.07) is 7.13. The molecule has 1 saturated carbocycles. The number of aromatic nitrogens is 3. The van der Waals surface area contributed by atoms with E-state index in [1.54, 1.807) is 6.07 Å². The van der Waals surface area contributed by atoms with Gasteiger partial charge in [0.25, 0.3) is 5.91 Å². The fourth-order valence-corrected chi connectivity index (χ4v) is 3.53. The minimum Gasteiger partial charge on any atom is -0.347 e. The summed E-state index contributed by atoms with van der Waals surface area (Å²) < 4.78 is 2.55. The van der Waals surface area contributed by atoms with Crippen molar-refractivity contribution in [3.63, 3.8) is 0 Å². The molecule has 1 aromatic carbocycles. The zero-order valence-corrected chi connectivity index (χ0v) is 17.3. The molecular weight excluding hydrogens is 374 g/mol. The number of nitrogens with one attached hydrogen (secondary N) is 3. The van der Waals surface area contributed by atoms with Crippen molar-refractivity contribution in [3.05, 3.63) is 46.0 Å². The summed E-state index contributed by atoms with van der Waals surface area (Å²) in [6.45, 7) is 6.21. The van der Waals surface area contributed by atoms with E-state index in [1.165, 1.54) is 0 Å². The van der Waals surface area contributed by atoms with Crippen LogP contribution in [0.4, 0.5) is 0 Å². The number of aryl methyl sites for hydroxylation is 1. The lowest BCUT2D eigenvalue weighted by Crippen LogP contribution is -2.47. The maximum Gasteiger partial charge on any atom is 0.252 e. The van der Waals surface area contributed by atoms with Gasteiger partial charge in [-0.05, 0) is 56.0 Å². The number of amides is 2. The van der Waals surface area contributed by atoms with Gasteiger partial charge in [-0.1, -0.05) is 32.0 Å². The van der Waals surface area contributed by atoms with Gasteiger partial charge in [0, 0.05) is 11.6 Å². The van der Waals surface area contributed by atoms with E-state index < -0.39 is 6.04 Å². The molecule has 3 rings (SSSR count). The van der Waals surface area contributed by atoms with E-state index in [1.807, 2.05) is 43.5 Å². The van der Waals surface area contributed by atoms with Gasteiger partial charge in [0.15, 0.2) is 10.6 Å². The number of nitrogens with zero attached hydrogens (tertiary/aromatic N) is 2. The molecule has 1 unspecified atom stereocenters. The Morgan fingerprint density at radius 1 is 1.32 bits per heavy atom. The van der Waals surface area contributed by atoms with Crippen molar-refractivity contribution >= 4 is 24.0 Å². The van der Waals surface area contributed by atoms with Crippen molar-refractivity contribution in [2.24, 2.45) is 5.92 Å². The van der Waals surface area contributed by atoms with Crippen LogP contribution in [0.1, 0.15) is 60.9 Å². The summed E-state index contributed by atoms with van der Waals surface area (Å²) in [7, 11) is 0. The molecule has 0 radical (unpaired) electrons. The van der Waals surface area contributed by atoms with Crippen molar-refractivity contribution in [3.8, 4) is 0 Å². The minimum absolute atomic E-state index is 0.216. The first-order chi connectivity index (χ1) is 13.4. The Bertz CT molecular complexity index is 913. The first-order valence-corrected chi connectivity index (χ1v) is 10.1. The van der Waals surface area contributed by atoms with E-state index in [0.29, 0.717) is 22.8 Å². The Morgan fingerprint density at radius 2 is 2.04 bits per heavy atom. The lowest BCUT2D eigenvalue weighted by Gasteiger charge is -2.20. The van der Waals surface area contributed by atoms with Crippen LogP contribution in [0.25, 0.3) is 0 Å². The first kappa shape index (κ1) is 20.3. The summed E-state index contributed by atoms with van der Waals surface area (Å²) in [6.07, 6.45) is 2.72. The predicted octanol–water partition coefficient (Wildman–Crippen LogP) is 3.04. The van der Waals surface area contributed by atoms with Crippen molar-refractivity contribution in [1.29, 1.82) is 0 Å². The van der Waals surface area contributed by atoms with E-state index in [0.717, 1.165) is 24.2 Å². The zero-order valence-electron chi connectivity index (χ0n) is 16.5. The molecule has 0 bridgehead atoms. The number of hydrogen-bond donors (Lipinski definition) is 3. The van der Waals surface area contributed by atoms with Crippen LogP contribution in [0.15, 0.2) is 24.3 Å². The fourth-order valence-electron chi connectivity index (χ4n) is 3.23. The van der Waals surface area contributed by atoms with Gasteiger partial charge in [-0.15, -0.1) is 0 Å². The average Bonchev–Trinajstić information content (AvgIpc) is 3.41. The quantitative estimate of drug-likeness (QED) is 0.593. The minimum atomic E-state index is -0.608. The standard InChI is InChI=1S/C20H27N5O2S/c1-12(2)10-16(22-18(26)15-7-5-4-6-13(15)3)19(27)21-11-17-23-24-20(28)25(17)14-8-9-14/h4-7,12,14,16H,8-11H2,1-3H3,(H,21,27)(H,22,26)(H,24,28). The normalized spacial score (nSPS) is 14.7. The van der Waals surface area contributed by atoms with Crippen LogP contribution in [0.3, 0.4) is 0 Å². The van der Waals surface area contributed by atoms with Crippen LogP contribution >= 0.6 is 12.2 Å². The first-order valence-electron chi connectivity index (χ1n) is 9.66. The van der Waals surface area contributed by atoms with Crippen molar-refractivity contribution in [2.75, 3.05) is 0 Å². The van der Waals surface area contributed by atoms with E-state index in [4.69, 9.17) is 12.2 Å². The summed E-state index contributed by atoms with van der Waals surface area (Å²) >= 11 is 5.28. The Hall–Kier alpha value is -2.48. The highest BCUT2D eigenvalue weighted by atomic mass is 32.1. The maximum absolute atomic E-state index is 12.8. The SMILES string of the molecule is Cc1ccccc1C(=O)NC(CC(C)C)C(=O)NCc1n[nH]c(=S)n1C1CC1. The van der Waals surface area contributed by atoms with Crippen molar-refractivity contribution < 1.29 is 9.59 Å². The lowest BCUT2D eigenvalue weighted by atomic mass is 10.0. The van der Waals surface area contributed by atoms with Gasteiger partial charge in [-0.25, -0.2) is 0 Å². The molecule has 2 aromatic rings. The van der Waals surface area contributed by atoms with Crippen molar-refractivity contribution in [2.45, 2.75) is 58.7 Å². The van der Waals surface area contributed by atoms with Crippen molar-refractivity contribution in [1.82, 2.24) is 25.4 Å². The highest BCUT2D eigenvalue weighted by Gasteiger charge is 2.28. The van der Waals surface area contributed by atoms with Gasteiger partial charge in [0.05, 0.1) is 6.54 Å². The molecule has 150 valence electrons. The van der Waals surface area contributed by atoms with Crippen LogP contribution in [-0.4, -0.2) is 32.6 Å². The van der Waals surface area contributed by atoms with Gasteiger partial charge in [-0.2, -0.15) is 5.10 Å². The highest BCUT2D eigenvalue weighted by Crippen LogP contribution is 2.35. The Kier molecular flexibility index (Phi) is 6.28. The van der Waals surface area contributed by atoms with E-state index >= 15 is 0 Å². The number of rotatable bonds is 8. The molecule has 1 atom stereocenters. The number of aromatic amines is 1. The van der Waals surface area contributed by atoms with Gasteiger partial charge in [0.1, 0.15) is 6.04 Å². The van der Waals surface area contributed by atoms with E-state index in [9.17, 15) is 9.59 Å². The number of H-pyrrole nitrogens is 1. The molecule has 7 nitrogen and oxygen atoms in total. The summed E-state index contributed by atoms with van der Waals surface area (Å²) in [5.41, 5.74) is 1.46. The van der Waals surface area contributed by atoms with Crippen LogP contribution in [0.2, 0.25) is 0 Å². The smallest absolute Gasteiger partial charge is 0.252 e. The third-order valence-corrected chi connectivity index (χ3v) is 5.12. The third-order valence-electron chi connectivity index (χ3n) is 4.83. The molecular formula is C20H27N5O2S. The molecule has 0 aliphatic heterocycles. The lowest BCUT2D eigenvalue weighted by molar-refractivity contribution is -0.123. The molecule has 1 aromatic heterocycles. The monoisotopic (exact) mass is 401 g/mol. The Balaban J connectivity index is 1.67. The second-order valence-corrected chi connectivity index (χ2v) is 8.12. The predicted molar refractivity (Wildman–Crippen MR) is 109 cm³/mol. The van der Waals surface area contributed by atoms with Crippen LogP contribution in [0.5, 0.6) is 0 Å². The number of carbonyl (C=O) groups excluding carboxylic acids is 2. The maximum atomic E-state index is 12.8. The van der Waals surface area contributed by atoms with Crippen LogP contribution in [0, 0.1) is 17.6 Å². The molecule has 0 saturated heterocycles. The largest absolute Gasteiger partial charge is 0.347 e.